The van der Waals surface area contributed by atoms with Crippen LogP contribution in [-0.2, 0) is 0 Å². The van der Waals surface area contributed by atoms with Crippen molar-refractivity contribution >= 4 is 44.9 Å². The van der Waals surface area contributed by atoms with Gasteiger partial charge in [0.05, 0.1) is 0 Å². The molecule has 1 rings (SSSR count). The Morgan fingerprint density at radius 3 is 2.53 bits per heavy atom. The third-order valence-electron chi connectivity index (χ3n) is 2.45. The standard InChI is InChI=1S/C13H19BrClNS/c1-8(2)10(7-16-9(3)4)5-11-6-12(14)13(15)17-11/h5-6,8-9,16H,7H2,1-4H3. The fourth-order valence-electron chi connectivity index (χ4n) is 1.36. The van der Waals surface area contributed by atoms with E-state index in [1.807, 2.05) is 0 Å². The first-order valence-electron chi connectivity index (χ1n) is 5.78. The van der Waals surface area contributed by atoms with Gasteiger partial charge >= 0.3 is 0 Å². The number of nitrogens with one attached hydrogen (secondary N) is 1. The molecule has 0 aliphatic carbocycles. The predicted molar refractivity (Wildman–Crippen MR) is 83.0 cm³/mol. The Labute approximate surface area is 121 Å². The average Bonchev–Trinajstić information content (AvgIpc) is 2.52. The van der Waals surface area contributed by atoms with Gasteiger partial charge in [0.25, 0.3) is 0 Å². The van der Waals surface area contributed by atoms with Gasteiger partial charge in [-0.3, -0.25) is 0 Å². The quantitative estimate of drug-likeness (QED) is 0.779. The lowest BCUT2D eigenvalue weighted by atomic mass is 10.0. The summed E-state index contributed by atoms with van der Waals surface area (Å²) >= 11 is 11.1. The first-order valence-corrected chi connectivity index (χ1v) is 7.77. The molecule has 1 heterocycles. The molecule has 96 valence electrons. The van der Waals surface area contributed by atoms with Gasteiger partial charge in [0, 0.05) is 21.9 Å². The first-order chi connectivity index (χ1) is 7.90. The normalized spacial score (nSPS) is 12.8. The van der Waals surface area contributed by atoms with Crippen LogP contribution >= 0.6 is 38.9 Å². The van der Waals surface area contributed by atoms with Gasteiger partial charge in [-0.05, 0) is 34.0 Å². The van der Waals surface area contributed by atoms with Crippen molar-refractivity contribution in [3.8, 4) is 0 Å². The molecule has 0 fully saturated rings. The molecule has 4 heteroatoms. The van der Waals surface area contributed by atoms with E-state index in [-0.39, 0.29) is 0 Å². The van der Waals surface area contributed by atoms with Gasteiger partial charge in [-0.25, -0.2) is 0 Å². The van der Waals surface area contributed by atoms with Gasteiger partial charge in [0.1, 0.15) is 4.34 Å². The van der Waals surface area contributed by atoms with Crippen LogP contribution in [0.1, 0.15) is 32.6 Å². The maximum atomic E-state index is 6.05. The van der Waals surface area contributed by atoms with Crippen molar-refractivity contribution in [1.29, 1.82) is 0 Å². The van der Waals surface area contributed by atoms with Crippen LogP contribution in [-0.4, -0.2) is 12.6 Å². The summed E-state index contributed by atoms with van der Waals surface area (Å²) in [5, 5.41) is 3.46. The fourth-order valence-corrected chi connectivity index (χ4v) is 3.07. The Morgan fingerprint density at radius 1 is 1.47 bits per heavy atom. The van der Waals surface area contributed by atoms with Crippen LogP contribution in [0, 0.1) is 5.92 Å². The first kappa shape index (κ1) is 15.2. The minimum absolute atomic E-state index is 0.510. The monoisotopic (exact) mass is 335 g/mol. The minimum atomic E-state index is 0.510. The van der Waals surface area contributed by atoms with Gasteiger partial charge in [0.2, 0.25) is 0 Å². The van der Waals surface area contributed by atoms with E-state index in [1.165, 1.54) is 10.5 Å². The van der Waals surface area contributed by atoms with Crippen molar-refractivity contribution in [3.05, 3.63) is 25.3 Å². The molecule has 1 nitrogen and oxygen atoms in total. The van der Waals surface area contributed by atoms with Crippen LogP contribution in [0.15, 0.2) is 16.1 Å². The summed E-state index contributed by atoms with van der Waals surface area (Å²) in [5.41, 5.74) is 1.41. The Kier molecular flexibility index (Phi) is 6.21. The number of thiophene rings is 1. The van der Waals surface area contributed by atoms with Crippen LogP contribution < -0.4 is 5.32 Å². The summed E-state index contributed by atoms with van der Waals surface area (Å²) in [7, 11) is 0. The number of rotatable bonds is 5. The molecule has 1 aromatic rings. The lowest BCUT2D eigenvalue weighted by Gasteiger charge is -2.14. The molecule has 0 spiro atoms. The highest BCUT2D eigenvalue weighted by Crippen LogP contribution is 2.33. The highest BCUT2D eigenvalue weighted by atomic mass is 79.9. The van der Waals surface area contributed by atoms with Gasteiger partial charge in [-0.1, -0.05) is 44.9 Å². The van der Waals surface area contributed by atoms with E-state index in [1.54, 1.807) is 11.3 Å². The number of halogens is 2. The van der Waals surface area contributed by atoms with Gasteiger partial charge in [0.15, 0.2) is 0 Å². The van der Waals surface area contributed by atoms with Gasteiger partial charge < -0.3 is 5.32 Å². The highest BCUT2D eigenvalue weighted by molar-refractivity contribution is 9.10. The smallest absolute Gasteiger partial charge is 0.108 e. The van der Waals surface area contributed by atoms with E-state index < -0.39 is 0 Å². The molecular weight excluding hydrogens is 318 g/mol. The molecule has 0 amide bonds. The number of hydrogen-bond acceptors (Lipinski definition) is 2. The molecule has 0 unspecified atom stereocenters. The van der Waals surface area contributed by atoms with Crippen LogP contribution in [0.3, 0.4) is 0 Å². The molecule has 1 aromatic heterocycles. The summed E-state index contributed by atoms with van der Waals surface area (Å²) in [6.07, 6.45) is 2.24. The van der Waals surface area contributed by atoms with Crippen LogP contribution in [0.25, 0.3) is 6.08 Å². The van der Waals surface area contributed by atoms with E-state index >= 15 is 0 Å². The van der Waals surface area contributed by atoms with Crippen molar-refractivity contribution in [2.45, 2.75) is 33.7 Å². The summed E-state index contributed by atoms with van der Waals surface area (Å²) in [6.45, 7) is 9.70. The minimum Gasteiger partial charge on any atom is -0.311 e. The molecule has 0 atom stereocenters. The maximum Gasteiger partial charge on any atom is 0.108 e. The maximum absolute atomic E-state index is 6.05. The van der Waals surface area contributed by atoms with E-state index in [2.05, 4.69) is 61.1 Å². The molecule has 0 radical (unpaired) electrons. The second-order valence-corrected chi connectivity index (χ2v) is 7.22. The molecule has 0 saturated heterocycles. The summed E-state index contributed by atoms with van der Waals surface area (Å²) in [6, 6.07) is 2.58. The Bertz CT molecular complexity index is 377. The molecule has 0 aromatic carbocycles. The molecule has 17 heavy (non-hydrogen) atoms. The van der Waals surface area contributed by atoms with Crippen molar-refractivity contribution < 1.29 is 0 Å². The molecule has 0 aliphatic rings. The van der Waals surface area contributed by atoms with Crippen LogP contribution in [0.5, 0.6) is 0 Å². The highest BCUT2D eigenvalue weighted by Gasteiger charge is 2.07. The second kappa shape index (κ2) is 6.93. The second-order valence-electron chi connectivity index (χ2n) is 4.68. The predicted octanol–water partition coefficient (Wildman–Crippen LogP) is 5.20. The molecule has 0 saturated carbocycles. The lowest BCUT2D eigenvalue weighted by Crippen LogP contribution is -2.26. The summed E-state index contributed by atoms with van der Waals surface area (Å²) in [4.78, 5) is 1.20. The topological polar surface area (TPSA) is 12.0 Å². The Hall–Kier alpha value is 0.170. The molecule has 0 aliphatic heterocycles. The Balaban J connectivity index is 2.82. The molecule has 0 bridgehead atoms. The third-order valence-corrected chi connectivity index (χ3v) is 4.87. The van der Waals surface area contributed by atoms with Crippen molar-refractivity contribution in [2.75, 3.05) is 6.54 Å². The van der Waals surface area contributed by atoms with Crippen LogP contribution in [0.2, 0.25) is 4.34 Å². The fraction of sp³-hybridized carbons (Fsp3) is 0.538. The summed E-state index contributed by atoms with van der Waals surface area (Å²) in [5.74, 6) is 0.543. The van der Waals surface area contributed by atoms with Crippen molar-refractivity contribution in [1.82, 2.24) is 5.32 Å². The van der Waals surface area contributed by atoms with E-state index in [0.717, 1.165) is 15.4 Å². The van der Waals surface area contributed by atoms with Gasteiger partial charge in [-0.15, -0.1) is 11.3 Å². The van der Waals surface area contributed by atoms with Crippen LogP contribution in [0.4, 0.5) is 0 Å². The van der Waals surface area contributed by atoms with E-state index in [4.69, 9.17) is 11.6 Å². The molecular formula is C13H19BrClNS. The Morgan fingerprint density at radius 2 is 2.12 bits per heavy atom. The van der Waals surface area contributed by atoms with Crippen molar-refractivity contribution in [3.63, 3.8) is 0 Å². The zero-order valence-corrected chi connectivity index (χ0v) is 13.8. The van der Waals surface area contributed by atoms with E-state index in [0.29, 0.717) is 12.0 Å². The van der Waals surface area contributed by atoms with Crippen molar-refractivity contribution in [2.24, 2.45) is 5.92 Å². The summed E-state index contributed by atoms with van der Waals surface area (Å²) < 4.78 is 1.80. The number of hydrogen-bond donors (Lipinski definition) is 1. The zero-order chi connectivity index (χ0) is 13.0. The van der Waals surface area contributed by atoms with Gasteiger partial charge in [-0.2, -0.15) is 0 Å². The average molecular weight is 337 g/mol. The zero-order valence-electron chi connectivity index (χ0n) is 10.7. The largest absolute Gasteiger partial charge is 0.311 e. The van der Waals surface area contributed by atoms with E-state index in [9.17, 15) is 0 Å². The third kappa shape index (κ3) is 5.12. The SMILES string of the molecule is CC(C)NCC(=Cc1cc(Br)c(Cl)s1)C(C)C. The lowest BCUT2D eigenvalue weighted by molar-refractivity contribution is 0.593. The molecule has 1 N–H and O–H groups in total.